The van der Waals surface area contributed by atoms with Crippen LogP contribution in [0.25, 0.3) is 16.9 Å². The van der Waals surface area contributed by atoms with Gasteiger partial charge in [-0.3, -0.25) is 0 Å². The van der Waals surface area contributed by atoms with E-state index in [2.05, 4.69) is 5.10 Å². The molecule has 1 aliphatic rings. The summed E-state index contributed by atoms with van der Waals surface area (Å²) in [5, 5.41) is 14.2. The summed E-state index contributed by atoms with van der Waals surface area (Å²) in [5.41, 5.74) is 3.15. The number of aromatic carboxylic acids is 1. The SMILES string of the molecule is COc1cccc(OC)c1-c1cc(C(=O)O)nn1-c1ccc(S(=O)(=O)N(C)CCN(C)C)c2c1CCCC2. The van der Waals surface area contributed by atoms with E-state index in [1.165, 1.54) is 24.6 Å². The maximum Gasteiger partial charge on any atom is 0.356 e. The van der Waals surface area contributed by atoms with Gasteiger partial charge in [-0.15, -0.1) is 0 Å². The van der Waals surface area contributed by atoms with Crippen molar-refractivity contribution in [1.82, 2.24) is 19.0 Å². The Bertz CT molecular complexity index is 1430. The van der Waals surface area contributed by atoms with E-state index < -0.39 is 16.0 Å². The minimum absolute atomic E-state index is 0.141. The molecule has 0 spiro atoms. The molecule has 2 aromatic carbocycles. The summed E-state index contributed by atoms with van der Waals surface area (Å²) in [6.07, 6.45) is 3.02. The monoisotopic (exact) mass is 542 g/mol. The van der Waals surface area contributed by atoms with Crippen LogP contribution in [0, 0.1) is 0 Å². The highest BCUT2D eigenvalue weighted by molar-refractivity contribution is 7.89. The molecular formula is C27H34N4O6S. The molecule has 0 saturated heterocycles. The summed E-state index contributed by atoms with van der Waals surface area (Å²) in [6.45, 7) is 0.968. The molecule has 0 saturated carbocycles. The molecule has 3 aromatic rings. The number of carboxylic acids is 1. The van der Waals surface area contributed by atoms with Crippen molar-refractivity contribution in [2.75, 3.05) is 48.5 Å². The molecule has 4 rings (SSSR count). The summed E-state index contributed by atoms with van der Waals surface area (Å²) >= 11 is 0. The summed E-state index contributed by atoms with van der Waals surface area (Å²) in [7, 11) is 4.75. The van der Waals surface area contributed by atoms with Gasteiger partial charge in [0.1, 0.15) is 11.5 Å². The highest BCUT2D eigenvalue weighted by atomic mass is 32.2. The molecule has 0 fully saturated rings. The number of carbonyl (C=O) groups is 1. The predicted molar refractivity (Wildman–Crippen MR) is 144 cm³/mol. The molecule has 0 aliphatic heterocycles. The van der Waals surface area contributed by atoms with Gasteiger partial charge in [0.25, 0.3) is 0 Å². The summed E-state index contributed by atoms with van der Waals surface area (Å²) in [5.74, 6) is -0.175. The van der Waals surface area contributed by atoms with Crippen molar-refractivity contribution in [3.05, 3.63) is 53.2 Å². The van der Waals surface area contributed by atoms with Crippen LogP contribution in [-0.4, -0.2) is 86.9 Å². The molecule has 0 amide bonds. The van der Waals surface area contributed by atoms with Gasteiger partial charge in [0.2, 0.25) is 10.0 Å². The van der Waals surface area contributed by atoms with Crippen molar-refractivity contribution in [1.29, 1.82) is 0 Å². The molecule has 11 heteroatoms. The van der Waals surface area contributed by atoms with Crippen LogP contribution in [0.1, 0.15) is 34.5 Å². The number of ether oxygens (including phenoxy) is 2. The first-order valence-electron chi connectivity index (χ1n) is 12.4. The average molecular weight is 543 g/mol. The lowest BCUT2D eigenvalue weighted by molar-refractivity contribution is 0.0690. The number of rotatable bonds is 10. The number of hydrogen-bond acceptors (Lipinski definition) is 7. The van der Waals surface area contributed by atoms with Gasteiger partial charge in [0, 0.05) is 20.1 Å². The summed E-state index contributed by atoms with van der Waals surface area (Å²) in [4.78, 5) is 14.2. The van der Waals surface area contributed by atoms with Crippen LogP contribution in [0.3, 0.4) is 0 Å². The maximum absolute atomic E-state index is 13.6. The highest BCUT2D eigenvalue weighted by Crippen LogP contribution is 2.41. The van der Waals surface area contributed by atoms with Crippen LogP contribution in [0.15, 0.2) is 41.3 Å². The first kappa shape index (κ1) is 27.6. The van der Waals surface area contributed by atoms with Gasteiger partial charge in [-0.2, -0.15) is 9.40 Å². The van der Waals surface area contributed by atoms with Crippen LogP contribution in [0.4, 0.5) is 0 Å². The van der Waals surface area contributed by atoms with Gasteiger partial charge in [0.05, 0.1) is 36.1 Å². The van der Waals surface area contributed by atoms with E-state index in [4.69, 9.17) is 9.47 Å². The minimum atomic E-state index is -3.72. The fourth-order valence-electron chi connectivity index (χ4n) is 4.84. The second-order valence-corrected chi connectivity index (χ2v) is 11.6. The molecule has 1 heterocycles. The first-order valence-corrected chi connectivity index (χ1v) is 13.8. The third kappa shape index (κ3) is 5.13. The van der Waals surface area contributed by atoms with Gasteiger partial charge in [-0.25, -0.2) is 17.9 Å². The predicted octanol–water partition coefficient (Wildman–Crippen LogP) is 3.32. The zero-order valence-electron chi connectivity index (χ0n) is 22.4. The zero-order chi connectivity index (χ0) is 27.6. The van der Waals surface area contributed by atoms with Crippen molar-refractivity contribution in [2.24, 2.45) is 0 Å². The van der Waals surface area contributed by atoms with Gasteiger partial charge >= 0.3 is 5.97 Å². The molecule has 1 aromatic heterocycles. The van der Waals surface area contributed by atoms with Crippen molar-refractivity contribution in [3.8, 4) is 28.4 Å². The second kappa shape index (κ2) is 11.1. The Hall–Kier alpha value is -3.41. The van der Waals surface area contributed by atoms with E-state index in [9.17, 15) is 18.3 Å². The quantitative estimate of drug-likeness (QED) is 0.415. The summed E-state index contributed by atoms with van der Waals surface area (Å²) < 4.78 is 41.3. The summed E-state index contributed by atoms with van der Waals surface area (Å²) in [6, 6.07) is 10.1. The number of fused-ring (bicyclic) bond motifs is 1. The van der Waals surface area contributed by atoms with E-state index in [0.717, 1.165) is 24.0 Å². The molecule has 0 unspecified atom stereocenters. The van der Waals surface area contributed by atoms with Crippen molar-refractivity contribution < 1.29 is 27.8 Å². The standard InChI is InChI=1S/C27H34N4O6S/c1-29(2)15-16-30(3)38(34,35)25-14-13-21(18-9-6-7-10-19(18)25)31-22(17-20(28-31)27(32)33)26-23(36-4)11-8-12-24(26)37-5/h8,11-14,17H,6-7,9-10,15-16H2,1-5H3,(H,32,33). The Kier molecular flexibility index (Phi) is 8.10. The molecule has 0 radical (unpaired) electrons. The Morgan fingerprint density at radius 2 is 1.63 bits per heavy atom. The molecule has 1 aliphatic carbocycles. The van der Waals surface area contributed by atoms with Crippen LogP contribution in [0.2, 0.25) is 0 Å². The lowest BCUT2D eigenvalue weighted by atomic mass is 9.90. The maximum atomic E-state index is 13.6. The Balaban J connectivity index is 1.93. The van der Waals surface area contributed by atoms with Crippen LogP contribution < -0.4 is 9.47 Å². The topological polar surface area (TPSA) is 114 Å². The zero-order valence-corrected chi connectivity index (χ0v) is 23.2. The number of likely N-dealkylation sites (N-methyl/N-ethyl adjacent to an activating group) is 2. The molecule has 204 valence electrons. The number of sulfonamides is 1. The van der Waals surface area contributed by atoms with E-state index in [-0.39, 0.29) is 5.69 Å². The Morgan fingerprint density at radius 3 is 2.21 bits per heavy atom. The molecule has 38 heavy (non-hydrogen) atoms. The number of carboxylic acid groups (broad SMARTS) is 1. The smallest absolute Gasteiger partial charge is 0.356 e. The number of nitrogens with zero attached hydrogens (tertiary/aromatic N) is 4. The third-order valence-electron chi connectivity index (χ3n) is 6.86. The van der Waals surface area contributed by atoms with Crippen LogP contribution in [0.5, 0.6) is 11.5 Å². The number of benzene rings is 2. The largest absolute Gasteiger partial charge is 0.496 e. The minimum Gasteiger partial charge on any atom is -0.496 e. The van der Waals surface area contributed by atoms with E-state index in [1.54, 1.807) is 42.1 Å². The fourth-order valence-corrected chi connectivity index (χ4v) is 6.27. The Morgan fingerprint density at radius 1 is 1.00 bits per heavy atom. The number of methoxy groups -OCH3 is 2. The highest BCUT2D eigenvalue weighted by Gasteiger charge is 2.30. The molecule has 10 nitrogen and oxygen atoms in total. The Labute approximate surface area is 223 Å². The van der Waals surface area contributed by atoms with E-state index >= 15 is 0 Å². The van der Waals surface area contributed by atoms with Crippen molar-refractivity contribution in [3.63, 3.8) is 0 Å². The van der Waals surface area contributed by atoms with Crippen molar-refractivity contribution in [2.45, 2.75) is 30.6 Å². The third-order valence-corrected chi connectivity index (χ3v) is 8.80. The lowest BCUT2D eigenvalue weighted by Crippen LogP contribution is -2.34. The normalized spacial score (nSPS) is 13.6. The van der Waals surface area contributed by atoms with Gasteiger partial charge in [-0.1, -0.05) is 6.07 Å². The van der Waals surface area contributed by atoms with Gasteiger partial charge in [0.15, 0.2) is 5.69 Å². The first-order chi connectivity index (χ1) is 18.1. The van der Waals surface area contributed by atoms with Gasteiger partial charge < -0.3 is 19.5 Å². The van der Waals surface area contributed by atoms with E-state index in [1.807, 2.05) is 19.0 Å². The van der Waals surface area contributed by atoms with Crippen LogP contribution >= 0.6 is 0 Å². The molecule has 0 atom stereocenters. The lowest BCUT2D eigenvalue weighted by Gasteiger charge is -2.26. The van der Waals surface area contributed by atoms with Crippen LogP contribution in [-0.2, 0) is 22.9 Å². The molecule has 0 bridgehead atoms. The molecular weight excluding hydrogens is 508 g/mol. The fraction of sp³-hybridized carbons (Fsp3) is 0.407. The van der Waals surface area contributed by atoms with Gasteiger partial charge in [-0.05, 0) is 81.2 Å². The average Bonchev–Trinajstić information content (AvgIpc) is 3.35. The molecule has 1 N–H and O–H groups in total. The van der Waals surface area contributed by atoms with E-state index in [0.29, 0.717) is 59.3 Å². The number of aromatic nitrogens is 2. The van der Waals surface area contributed by atoms with Crippen molar-refractivity contribution >= 4 is 16.0 Å². The number of hydrogen-bond donors (Lipinski definition) is 1. The second-order valence-electron chi connectivity index (χ2n) is 9.55.